The van der Waals surface area contributed by atoms with Crippen LogP contribution in [0.3, 0.4) is 0 Å². The fourth-order valence-electron chi connectivity index (χ4n) is 3.42. The van der Waals surface area contributed by atoms with E-state index in [0.29, 0.717) is 11.5 Å². The molecule has 3 N–H and O–H groups in total. The van der Waals surface area contributed by atoms with Crippen LogP contribution in [0.15, 0.2) is 47.5 Å². The number of H-pyrrole nitrogens is 1. The van der Waals surface area contributed by atoms with Gasteiger partial charge in [-0.3, -0.25) is 14.4 Å². The van der Waals surface area contributed by atoms with E-state index in [9.17, 15) is 14.4 Å². The molecule has 1 aliphatic rings. The summed E-state index contributed by atoms with van der Waals surface area (Å²) in [7, 11) is 1.46. The molecule has 2 heterocycles. The number of amides is 2. The van der Waals surface area contributed by atoms with E-state index in [1.807, 2.05) is 30.5 Å². The summed E-state index contributed by atoms with van der Waals surface area (Å²) in [6.07, 6.45) is 4.32. The maximum absolute atomic E-state index is 12.9. The van der Waals surface area contributed by atoms with Gasteiger partial charge in [0.15, 0.2) is 0 Å². The zero-order chi connectivity index (χ0) is 19.8. The van der Waals surface area contributed by atoms with Crippen molar-refractivity contribution in [1.29, 1.82) is 0 Å². The van der Waals surface area contributed by atoms with Crippen LogP contribution in [-0.4, -0.2) is 34.5 Å². The lowest BCUT2D eigenvalue weighted by Gasteiger charge is -2.12. The number of carbonyl (C=O) groups excluding carboxylic acids is 2. The highest BCUT2D eigenvalue weighted by molar-refractivity contribution is 5.99. The molecule has 2 unspecified atom stereocenters. The number of benzene rings is 1. The quantitative estimate of drug-likeness (QED) is 0.632. The van der Waals surface area contributed by atoms with Crippen molar-refractivity contribution in [2.24, 2.45) is 5.92 Å². The summed E-state index contributed by atoms with van der Waals surface area (Å²) in [4.78, 5) is 40.9. The van der Waals surface area contributed by atoms with Crippen molar-refractivity contribution in [3.63, 3.8) is 0 Å². The second kappa shape index (κ2) is 6.99. The highest BCUT2D eigenvalue weighted by atomic mass is 16.2. The lowest BCUT2D eigenvalue weighted by molar-refractivity contribution is 0.0948. The maximum Gasteiger partial charge on any atom is 0.263 e. The maximum atomic E-state index is 12.9. The Morgan fingerprint density at radius 3 is 2.75 bits per heavy atom. The zero-order valence-electron chi connectivity index (χ0n) is 15.8. The predicted octanol–water partition coefficient (Wildman–Crippen LogP) is 1.88. The number of rotatable bonds is 5. The average Bonchev–Trinajstić information content (AvgIpc) is 3.17. The summed E-state index contributed by atoms with van der Waals surface area (Å²) in [6, 6.07) is 9.27. The molecule has 7 nitrogen and oxygen atoms in total. The highest BCUT2D eigenvalue weighted by Gasteiger charge is 2.34. The van der Waals surface area contributed by atoms with Gasteiger partial charge in [-0.2, -0.15) is 0 Å². The Kier molecular flexibility index (Phi) is 4.50. The standard InChI is InChI=1S/C21H22N4O3/c1-12-8-18(12)24-19(26)14-9-16(20(27)22-2)21(28)25(11-14)10-13-4-3-5-17-15(13)6-7-23-17/h3-7,9,11-12,18,23H,8,10H2,1-2H3,(H,22,27)(H,24,26). The van der Waals surface area contributed by atoms with Gasteiger partial charge in [-0.05, 0) is 36.1 Å². The second-order valence-electron chi connectivity index (χ2n) is 7.30. The minimum absolute atomic E-state index is 0.0414. The number of nitrogens with one attached hydrogen (secondary N) is 3. The lowest BCUT2D eigenvalue weighted by Crippen LogP contribution is -2.34. The van der Waals surface area contributed by atoms with Gasteiger partial charge in [0, 0.05) is 36.4 Å². The van der Waals surface area contributed by atoms with Gasteiger partial charge in [0.25, 0.3) is 17.4 Å². The lowest BCUT2D eigenvalue weighted by atomic mass is 10.1. The van der Waals surface area contributed by atoms with Gasteiger partial charge in [-0.15, -0.1) is 0 Å². The van der Waals surface area contributed by atoms with Crippen molar-refractivity contribution in [3.05, 3.63) is 69.8 Å². The summed E-state index contributed by atoms with van der Waals surface area (Å²) in [5.74, 6) is -0.319. The van der Waals surface area contributed by atoms with Gasteiger partial charge in [-0.1, -0.05) is 19.1 Å². The van der Waals surface area contributed by atoms with Crippen LogP contribution in [0.2, 0.25) is 0 Å². The van der Waals surface area contributed by atoms with Crippen LogP contribution >= 0.6 is 0 Å². The van der Waals surface area contributed by atoms with Gasteiger partial charge in [0.05, 0.1) is 12.1 Å². The number of carbonyl (C=O) groups is 2. The van der Waals surface area contributed by atoms with Crippen LogP contribution in [0.5, 0.6) is 0 Å². The van der Waals surface area contributed by atoms with Crippen molar-refractivity contribution in [2.75, 3.05) is 7.05 Å². The molecule has 0 bridgehead atoms. The van der Waals surface area contributed by atoms with E-state index in [4.69, 9.17) is 0 Å². The molecule has 2 atom stereocenters. The van der Waals surface area contributed by atoms with E-state index in [0.717, 1.165) is 22.9 Å². The third kappa shape index (κ3) is 3.31. The number of pyridine rings is 1. The van der Waals surface area contributed by atoms with Crippen molar-refractivity contribution >= 4 is 22.7 Å². The Labute approximate surface area is 161 Å². The van der Waals surface area contributed by atoms with Crippen molar-refractivity contribution in [3.8, 4) is 0 Å². The molecule has 1 saturated carbocycles. The van der Waals surface area contributed by atoms with Crippen molar-refractivity contribution in [2.45, 2.75) is 25.9 Å². The van der Waals surface area contributed by atoms with E-state index >= 15 is 0 Å². The molecule has 2 amide bonds. The molecule has 7 heteroatoms. The summed E-state index contributed by atoms with van der Waals surface area (Å²) in [6.45, 7) is 2.33. The molecular weight excluding hydrogens is 356 g/mol. The van der Waals surface area contributed by atoms with Crippen LogP contribution in [0, 0.1) is 5.92 Å². The minimum Gasteiger partial charge on any atom is -0.361 e. The highest BCUT2D eigenvalue weighted by Crippen LogP contribution is 2.29. The van der Waals surface area contributed by atoms with Gasteiger partial charge >= 0.3 is 0 Å². The molecule has 0 saturated heterocycles. The molecule has 3 aromatic rings. The first-order chi connectivity index (χ1) is 13.5. The Balaban J connectivity index is 1.75. The number of aromatic amines is 1. The fourth-order valence-corrected chi connectivity index (χ4v) is 3.42. The van der Waals surface area contributed by atoms with E-state index in [-0.39, 0.29) is 24.1 Å². The topological polar surface area (TPSA) is 96.0 Å². The zero-order valence-corrected chi connectivity index (χ0v) is 15.8. The van der Waals surface area contributed by atoms with Gasteiger partial charge in [-0.25, -0.2) is 0 Å². The molecule has 144 valence electrons. The third-order valence-electron chi connectivity index (χ3n) is 5.27. The fraction of sp³-hybridized carbons (Fsp3) is 0.286. The molecule has 1 aliphatic carbocycles. The molecule has 0 radical (unpaired) electrons. The van der Waals surface area contributed by atoms with E-state index in [1.165, 1.54) is 23.9 Å². The first kappa shape index (κ1) is 18.0. The molecule has 28 heavy (non-hydrogen) atoms. The van der Waals surface area contributed by atoms with Gasteiger partial charge < -0.3 is 20.2 Å². The van der Waals surface area contributed by atoms with Crippen LogP contribution in [0.4, 0.5) is 0 Å². The molecule has 0 aliphatic heterocycles. The number of fused-ring (bicyclic) bond motifs is 1. The molecule has 2 aromatic heterocycles. The van der Waals surface area contributed by atoms with Crippen LogP contribution < -0.4 is 16.2 Å². The first-order valence-electron chi connectivity index (χ1n) is 9.30. The van der Waals surface area contributed by atoms with E-state index < -0.39 is 11.5 Å². The summed E-state index contributed by atoms with van der Waals surface area (Å²) < 4.78 is 1.43. The molecule has 0 spiro atoms. The summed E-state index contributed by atoms with van der Waals surface area (Å²) in [5.41, 5.74) is 1.73. The Morgan fingerprint density at radius 1 is 1.25 bits per heavy atom. The van der Waals surface area contributed by atoms with Crippen molar-refractivity contribution < 1.29 is 9.59 Å². The monoisotopic (exact) mass is 378 g/mol. The largest absolute Gasteiger partial charge is 0.361 e. The van der Waals surface area contributed by atoms with Gasteiger partial charge in [0.1, 0.15) is 5.56 Å². The van der Waals surface area contributed by atoms with E-state index in [1.54, 1.807) is 0 Å². The molecule has 1 aromatic carbocycles. The van der Waals surface area contributed by atoms with Crippen LogP contribution in [-0.2, 0) is 6.54 Å². The Hall–Kier alpha value is -3.35. The number of hydrogen-bond donors (Lipinski definition) is 3. The summed E-state index contributed by atoms with van der Waals surface area (Å²) in [5, 5.41) is 6.42. The minimum atomic E-state index is -0.506. The summed E-state index contributed by atoms with van der Waals surface area (Å²) >= 11 is 0. The van der Waals surface area contributed by atoms with Gasteiger partial charge in [0.2, 0.25) is 0 Å². The SMILES string of the molecule is CNC(=O)c1cc(C(=O)NC2CC2C)cn(Cc2cccc3[nH]ccc23)c1=O. The van der Waals surface area contributed by atoms with Crippen LogP contribution in [0.25, 0.3) is 10.9 Å². The average molecular weight is 378 g/mol. The normalized spacial score (nSPS) is 18.1. The molecule has 4 rings (SSSR count). The van der Waals surface area contributed by atoms with Crippen molar-refractivity contribution in [1.82, 2.24) is 20.2 Å². The second-order valence-corrected chi connectivity index (χ2v) is 7.30. The Morgan fingerprint density at radius 2 is 2.04 bits per heavy atom. The molecular formula is C21H22N4O3. The Bertz CT molecular complexity index is 1130. The predicted molar refractivity (Wildman–Crippen MR) is 107 cm³/mol. The number of hydrogen-bond acceptors (Lipinski definition) is 3. The number of aromatic nitrogens is 2. The van der Waals surface area contributed by atoms with E-state index in [2.05, 4.69) is 22.5 Å². The number of nitrogens with zero attached hydrogens (tertiary/aromatic N) is 1. The smallest absolute Gasteiger partial charge is 0.263 e. The third-order valence-corrected chi connectivity index (χ3v) is 5.27. The first-order valence-corrected chi connectivity index (χ1v) is 9.30. The van der Waals surface area contributed by atoms with Crippen LogP contribution in [0.1, 0.15) is 39.6 Å². The molecule has 1 fully saturated rings.